The van der Waals surface area contributed by atoms with Crippen molar-refractivity contribution < 1.29 is 0 Å². The summed E-state index contributed by atoms with van der Waals surface area (Å²) in [5.41, 5.74) is 0. The van der Waals surface area contributed by atoms with Crippen molar-refractivity contribution in [3.05, 3.63) is 4.77 Å². The molecule has 17 heavy (non-hydrogen) atoms. The van der Waals surface area contributed by atoms with Gasteiger partial charge in [0.2, 0.25) is 5.95 Å². The van der Waals surface area contributed by atoms with Crippen LogP contribution in [-0.4, -0.2) is 52.4 Å². The van der Waals surface area contributed by atoms with Crippen molar-refractivity contribution in [3.8, 4) is 0 Å². The summed E-state index contributed by atoms with van der Waals surface area (Å²) >= 11 is 5.24. The molecule has 1 fully saturated rings. The smallest absolute Gasteiger partial charge is 0.225 e. The second-order valence-electron chi connectivity index (χ2n) is 4.73. The van der Waals surface area contributed by atoms with Gasteiger partial charge >= 0.3 is 0 Å². The fraction of sp³-hybridized carbons (Fsp3) is 0.818. The molecular formula is C11H21N5S. The molecule has 1 aromatic heterocycles. The van der Waals surface area contributed by atoms with Crippen LogP contribution in [0.5, 0.6) is 0 Å². The zero-order valence-corrected chi connectivity index (χ0v) is 11.6. The Morgan fingerprint density at radius 3 is 2.94 bits per heavy atom. The van der Waals surface area contributed by atoms with Gasteiger partial charge in [0.05, 0.1) is 0 Å². The molecule has 6 heteroatoms. The lowest BCUT2D eigenvalue weighted by Gasteiger charge is -2.28. The van der Waals surface area contributed by atoms with Crippen LogP contribution in [0.4, 0.5) is 5.95 Å². The number of likely N-dealkylation sites (N-methyl/N-ethyl adjacent to an activating group) is 1. The number of aromatic amines is 1. The highest BCUT2D eigenvalue weighted by Gasteiger charge is 2.23. The minimum atomic E-state index is 0.470. The summed E-state index contributed by atoms with van der Waals surface area (Å²) in [7, 11) is 2.18. The van der Waals surface area contributed by atoms with Crippen LogP contribution in [0.1, 0.15) is 20.3 Å². The third kappa shape index (κ3) is 2.52. The lowest BCUT2D eigenvalue weighted by atomic mass is 10.3. The van der Waals surface area contributed by atoms with E-state index in [1.165, 1.54) is 6.42 Å². The molecule has 1 unspecified atom stereocenters. The van der Waals surface area contributed by atoms with Crippen LogP contribution in [0.15, 0.2) is 0 Å². The molecule has 0 amide bonds. The Morgan fingerprint density at radius 2 is 2.24 bits per heavy atom. The molecule has 1 aliphatic heterocycles. The molecule has 0 bridgehead atoms. The van der Waals surface area contributed by atoms with E-state index in [-0.39, 0.29) is 0 Å². The summed E-state index contributed by atoms with van der Waals surface area (Å²) in [6, 6.07) is 0.470. The molecule has 2 rings (SSSR count). The average Bonchev–Trinajstić information content (AvgIpc) is 2.56. The zero-order valence-electron chi connectivity index (χ0n) is 10.8. The summed E-state index contributed by atoms with van der Waals surface area (Å²) < 4.78 is 2.78. The van der Waals surface area contributed by atoms with Crippen LogP contribution in [0.3, 0.4) is 0 Å². The maximum atomic E-state index is 5.24. The van der Waals surface area contributed by atoms with E-state index < -0.39 is 0 Å². The molecule has 1 atom stereocenters. The van der Waals surface area contributed by atoms with Gasteiger partial charge in [0.1, 0.15) is 0 Å². The lowest BCUT2D eigenvalue weighted by Crippen LogP contribution is -2.39. The van der Waals surface area contributed by atoms with Gasteiger partial charge in [-0.15, -0.1) is 5.10 Å². The van der Waals surface area contributed by atoms with Gasteiger partial charge in [-0.05, 0) is 46.1 Å². The number of hydrogen-bond acceptors (Lipinski definition) is 4. The minimum Gasteiger partial charge on any atom is -0.337 e. The van der Waals surface area contributed by atoms with E-state index in [2.05, 4.69) is 45.5 Å². The molecule has 0 saturated carbocycles. The second kappa shape index (κ2) is 5.18. The first-order valence-electron chi connectivity index (χ1n) is 6.24. The summed E-state index contributed by atoms with van der Waals surface area (Å²) in [6.07, 6.45) is 1.17. The highest BCUT2D eigenvalue weighted by atomic mass is 32.1. The van der Waals surface area contributed by atoms with Gasteiger partial charge in [0, 0.05) is 25.7 Å². The predicted octanol–water partition coefficient (Wildman–Crippen LogP) is 1.49. The van der Waals surface area contributed by atoms with E-state index in [0.717, 1.165) is 32.1 Å². The fourth-order valence-corrected chi connectivity index (χ4v) is 2.74. The van der Waals surface area contributed by atoms with Crippen LogP contribution in [-0.2, 0) is 6.54 Å². The Morgan fingerprint density at radius 1 is 1.47 bits per heavy atom. The Kier molecular flexibility index (Phi) is 3.83. The van der Waals surface area contributed by atoms with Crippen LogP contribution < -0.4 is 4.90 Å². The molecule has 0 aromatic carbocycles. The van der Waals surface area contributed by atoms with Crippen molar-refractivity contribution in [1.82, 2.24) is 19.7 Å². The topological polar surface area (TPSA) is 40.1 Å². The number of nitrogens with zero attached hydrogens (tertiary/aromatic N) is 4. The lowest BCUT2D eigenvalue weighted by molar-refractivity contribution is 0.336. The first kappa shape index (κ1) is 12.6. The van der Waals surface area contributed by atoms with Crippen molar-refractivity contribution in [2.24, 2.45) is 0 Å². The summed E-state index contributed by atoms with van der Waals surface area (Å²) in [5, 5.41) is 7.28. The van der Waals surface area contributed by atoms with E-state index in [9.17, 15) is 0 Å². The Balaban J connectivity index is 2.28. The molecule has 0 radical (unpaired) electrons. The molecule has 1 saturated heterocycles. The van der Waals surface area contributed by atoms with Gasteiger partial charge in [-0.25, -0.2) is 5.10 Å². The third-order valence-electron chi connectivity index (χ3n) is 3.36. The molecular weight excluding hydrogens is 234 g/mol. The normalized spacial score (nSPS) is 22.8. The quantitative estimate of drug-likeness (QED) is 0.813. The number of aromatic nitrogens is 3. The number of hydrogen-bond donors (Lipinski definition) is 1. The average molecular weight is 255 g/mol. The van der Waals surface area contributed by atoms with Crippen LogP contribution in [0.25, 0.3) is 0 Å². The Labute approximate surface area is 107 Å². The highest BCUT2D eigenvalue weighted by Crippen LogP contribution is 2.18. The van der Waals surface area contributed by atoms with Crippen molar-refractivity contribution >= 4 is 18.2 Å². The third-order valence-corrected chi connectivity index (χ3v) is 3.67. The molecule has 1 aliphatic rings. The molecule has 0 aliphatic carbocycles. The van der Waals surface area contributed by atoms with Gasteiger partial charge in [0.15, 0.2) is 4.77 Å². The van der Waals surface area contributed by atoms with Crippen LogP contribution >= 0.6 is 12.2 Å². The van der Waals surface area contributed by atoms with Crippen LogP contribution in [0, 0.1) is 4.77 Å². The highest BCUT2D eigenvalue weighted by molar-refractivity contribution is 7.71. The summed E-state index contributed by atoms with van der Waals surface area (Å²) in [5.74, 6) is 0.986. The summed E-state index contributed by atoms with van der Waals surface area (Å²) in [4.78, 5) is 4.74. The monoisotopic (exact) mass is 255 g/mol. The van der Waals surface area contributed by atoms with E-state index in [4.69, 9.17) is 12.2 Å². The minimum absolute atomic E-state index is 0.470. The van der Waals surface area contributed by atoms with Gasteiger partial charge in [0.25, 0.3) is 0 Å². The SMILES string of the molecule is CCn1c(N2CCCN(C)CC2C)n[nH]c1=S. The van der Waals surface area contributed by atoms with E-state index >= 15 is 0 Å². The van der Waals surface area contributed by atoms with Crippen molar-refractivity contribution in [3.63, 3.8) is 0 Å². The molecule has 96 valence electrons. The first-order chi connectivity index (χ1) is 8.13. The molecule has 0 spiro atoms. The largest absolute Gasteiger partial charge is 0.337 e. The fourth-order valence-electron chi connectivity index (χ4n) is 2.48. The van der Waals surface area contributed by atoms with Crippen molar-refractivity contribution in [2.75, 3.05) is 31.6 Å². The number of nitrogens with one attached hydrogen (secondary N) is 1. The zero-order chi connectivity index (χ0) is 12.4. The van der Waals surface area contributed by atoms with Gasteiger partial charge in [-0.3, -0.25) is 4.57 Å². The summed E-state index contributed by atoms with van der Waals surface area (Å²) in [6.45, 7) is 8.49. The van der Waals surface area contributed by atoms with E-state index in [1.54, 1.807) is 0 Å². The number of anilines is 1. The van der Waals surface area contributed by atoms with E-state index in [1.807, 2.05) is 0 Å². The molecule has 5 nitrogen and oxygen atoms in total. The first-order valence-corrected chi connectivity index (χ1v) is 6.64. The molecule has 1 aromatic rings. The molecule has 2 heterocycles. The van der Waals surface area contributed by atoms with E-state index in [0.29, 0.717) is 10.8 Å². The van der Waals surface area contributed by atoms with Gasteiger partial charge < -0.3 is 9.80 Å². The van der Waals surface area contributed by atoms with Crippen LogP contribution in [0.2, 0.25) is 0 Å². The predicted molar refractivity (Wildman–Crippen MR) is 72.0 cm³/mol. The van der Waals surface area contributed by atoms with Crippen molar-refractivity contribution in [2.45, 2.75) is 32.9 Å². The number of rotatable bonds is 2. The Bertz CT molecular complexity index is 424. The van der Waals surface area contributed by atoms with Crippen molar-refractivity contribution in [1.29, 1.82) is 0 Å². The van der Waals surface area contributed by atoms with Gasteiger partial charge in [-0.2, -0.15) is 0 Å². The maximum Gasteiger partial charge on any atom is 0.225 e. The molecule has 1 N–H and O–H groups in total. The van der Waals surface area contributed by atoms with Gasteiger partial charge in [-0.1, -0.05) is 0 Å². The standard InChI is InChI=1S/C11H21N5S/c1-4-15-10(12-13-11(15)17)16-7-5-6-14(3)8-9(16)2/h9H,4-8H2,1-3H3,(H,13,17). The maximum absolute atomic E-state index is 5.24. The Hall–Kier alpha value is -0.880. The number of H-pyrrole nitrogens is 1. The second-order valence-corrected chi connectivity index (χ2v) is 5.12.